The molecule has 138 valence electrons. The lowest BCUT2D eigenvalue weighted by molar-refractivity contribution is 0.0721. The van der Waals surface area contributed by atoms with Crippen molar-refractivity contribution in [1.82, 2.24) is 14.9 Å². The monoisotopic (exact) mass is 363 g/mol. The number of carbonyl (C=O) groups excluding carboxylic acids is 1. The summed E-state index contributed by atoms with van der Waals surface area (Å²) >= 11 is 0. The number of carbonyl (C=O) groups is 1. The fraction of sp³-hybridized carbons (Fsp3) is 0.238. The molecule has 0 fully saturated rings. The molecule has 6 nitrogen and oxygen atoms in total. The molecule has 0 saturated carbocycles. The predicted molar refractivity (Wildman–Crippen MR) is 101 cm³/mol. The van der Waals surface area contributed by atoms with Gasteiger partial charge in [0.1, 0.15) is 11.5 Å². The first-order valence-electron chi connectivity index (χ1n) is 8.82. The Morgan fingerprint density at radius 2 is 2.15 bits per heavy atom. The molecule has 1 aliphatic rings. The Bertz CT molecular complexity index is 996. The van der Waals surface area contributed by atoms with Gasteiger partial charge in [-0.05, 0) is 48.4 Å². The highest BCUT2D eigenvalue weighted by Gasteiger charge is 2.32. The summed E-state index contributed by atoms with van der Waals surface area (Å²) in [4.78, 5) is 22.6. The van der Waals surface area contributed by atoms with E-state index in [1.54, 1.807) is 31.6 Å². The molecule has 4 rings (SSSR count). The lowest BCUT2D eigenvalue weighted by atomic mass is 9.90. The number of ether oxygens (including phenoxy) is 1. The number of aromatic amines is 1. The number of aromatic hydroxyl groups is 1. The second-order valence-electron chi connectivity index (χ2n) is 6.78. The Kier molecular flexibility index (Phi) is 4.32. The van der Waals surface area contributed by atoms with Gasteiger partial charge in [-0.25, -0.2) is 4.98 Å². The van der Waals surface area contributed by atoms with Gasteiger partial charge in [-0.2, -0.15) is 0 Å². The standard InChI is InChI=1S/C21H21N3O3/c1-13-8-15(6-7-19(13)27-2)21(26)24-10-17(14-4-3-5-16(25)9-14)20-18(11-24)22-12-23-20/h3-9,12,17,25H,10-11H2,1-2H3,(H,22,23). The molecule has 1 aliphatic heterocycles. The van der Waals surface area contributed by atoms with Crippen LogP contribution >= 0.6 is 0 Å². The first-order valence-corrected chi connectivity index (χ1v) is 8.82. The number of rotatable bonds is 3. The third kappa shape index (κ3) is 3.14. The van der Waals surface area contributed by atoms with Crippen LogP contribution in [-0.2, 0) is 6.54 Å². The molecule has 1 amide bonds. The van der Waals surface area contributed by atoms with Gasteiger partial charge in [0, 0.05) is 18.0 Å². The van der Waals surface area contributed by atoms with E-state index < -0.39 is 0 Å². The zero-order valence-corrected chi connectivity index (χ0v) is 15.3. The summed E-state index contributed by atoms with van der Waals surface area (Å²) in [6, 6.07) is 12.6. The van der Waals surface area contributed by atoms with Gasteiger partial charge in [0.05, 0.1) is 31.4 Å². The van der Waals surface area contributed by atoms with Gasteiger partial charge in [0.25, 0.3) is 5.91 Å². The number of imidazole rings is 1. The molecule has 0 spiro atoms. The van der Waals surface area contributed by atoms with E-state index in [4.69, 9.17) is 4.74 Å². The van der Waals surface area contributed by atoms with Gasteiger partial charge in [-0.1, -0.05) is 12.1 Å². The van der Waals surface area contributed by atoms with E-state index >= 15 is 0 Å². The number of nitrogens with zero attached hydrogens (tertiary/aromatic N) is 2. The number of benzene rings is 2. The molecule has 1 aromatic heterocycles. The number of phenolic OH excluding ortho intramolecular Hbond substituents is 1. The number of aryl methyl sites for hydroxylation is 1. The zero-order valence-electron chi connectivity index (χ0n) is 15.3. The van der Waals surface area contributed by atoms with Crippen LogP contribution in [0, 0.1) is 6.92 Å². The van der Waals surface area contributed by atoms with E-state index in [0.29, 0.717) is 18.7 Å². The van der Waals surface area contributed by atoms with Crippen molar-refractivity contribution in [3.8, 4) is 11.5 Å². The Morgan fingerprint density at radius 1 is 1.30 bits per heavy atom. The predicted octanol–water partition coefficient (Wildman–Crippen LogP) is 3.22. The fourth-order valence-corrected chi connectivity index (χ4v) is 3.67. The normalized spacial score (nSPS) is 16.1. The molecule has 2 aromatic carbocycles. The van der Waals surface area contributed by atoms with Crippen molar-refractivity contribution in [1.29, 1.82) is 0 Å². The van der Waals surface area contributed by atoms with Crippen LogP contribution in [0.1, 0.15) is 38.8 Å². The number of nitrogens with one attached hydrogen (secondary N) is 1. The van der Waals surface area contributed by atoms with Crippen LogP contribution < -0.4 is 4.74 Å². The third-order valence-corrected chi connectivity index (χ3v) is 5.04. The zero-order chi connectivity index (χ0) is 19.0. The van der Waals surface area contributed by atoms with Crippen molar-refractivity contribution in [3.05, 3.63) is 76.9 Å². The second kappa shape index (κ2) is 6.79. The average Bonchev–Trinajstić information content (AvgIpc) is 3.15. The Hall–Kier alpha value is -3.28. The quantitative estimate of drug-likeness (QED) is 0.749. The van der Waals surface area contributed by atoms with Gasteiger partial charge in [0.15, 0.2) is 0 Å². The maximum Gasteiger partial charge on any atom is 0.254 e. The van der Waals surface area contributed by atoms with Gasteiger partial charge < -0.3 is 19.7 Å². The Balaban J connectivity index is 1.67. The van der Waals surface area contributed by atoms with E-state index in [1.165, 1.54) is 0 Å². The summed E-state index contributed by atoms with van der Waals surface area (Å²) in [6.45, 7) is 2.91. The average molecular weight is 363 g/mol. The van der Waals surface area contributed by atoms with Crippen LogP contribution in [-0.4, -0.2) is 39.5 Å². The van der Waals surface area contributed by atoms with Gasteiger partial charge >= 0.3 is 0 Å². The summed E-state index contributed by atoms with van der Waals surface area (Å²) in [7, 11) is 1.62. The molecule has 6 heteroatoms. The Labute approximate surface area is 157 Å². The molecule has 1 unspecified atom stereocenters. The first kappa shape index (κ1) is 17.1. The molecule has 3 aromatic rings. The molecular weight excluding hydrogens is 342 g/mol. The highest BCUT2D eigenvalue weighted by molar-refractivity contribution is 5.94. The minimum absolute atomic E-state index is 0.0360. The number of fused-ring (bicyclic) bond motifs is 1. The summed E-state index contributed by atoms with van der Waals surface area (Å²) in [5.74, 6) is 0.846. The van der Waals surface area contributed by atoms with Crippen LogP contribution in [0.5, 0.6) is 11.5 Å². The second-order valence-corrected chi connectivity index (χ2v) is 6.78. The number of hydrogen-bond acceptors (Lipinski definition) is 4. The topological polar surface area (TPSA) is 78.5 Å². The fourth-order valence-electron chi connectivity index (χ4n) is 3.67. The molecule has 0 bridgehead atoms. The smallest absolute Gasteiger partial charge is 0.254 e. The minimum atomic E-state index is -0.0876. The van der Waals surface area contributed by atoms with Crippen molar-refractivity contribution in [2.24, 2.45) is 0 Å². The van der Waals surface area contributed by atoms with Crippen molar-refractivity contribution < 1.29 is 14.6 Å². The maximum absolute atomic E-state index is 13.1. The summed E-state index contributed by atoms with van der Waals surface area (Å²) in [5, 5.41) is 9.85. The lowest BCUT2D eigenvalue weighted by Crippen LogP contribution is -2.38. The molecule has 0 radical (unpaired) electrons. The minimum Gasteiger partial charge on any atom is -0.508 e. The number of aromatic nitrogens is 2. The van der Waals surface area contributed by atoms with Crippen molar-refractivity contribution in [2.75, 3.05) is 13.7 Å². The number of H-pyrrole nitrogens is 1. The first-order chi connectivity index (χ1) is 13.1. The van der Waals surface area contributed by atoms with E-state index in [0.717, 1.165) is 28.3 Å². The third-order valence-electron chi connectivity index (χ3n) is 5.04. The molecule has 0 saturated heterocycles. The van der Waals surface area contributed by atoms with Gasteiger partial charge in [0.2, 0.25) is 0 Å². The van der Waals surface area contributed by atoms with E-state index in [2.05, 4.69) is 9.97 Å². The molecular formula is C21H21N3O3. The molecule has 2 heterocycles. The molecule has 1 atom stereocenters. The van der Waals surface area contributed by atoms with Crippen molar-refractivity contribution >= 4 is 5.91 Å². The van der Waals surface area contributed by atoms with Crippen LogP contribution in [0.4, 0.5) is 0 Å². The van der Waals surface area contributed by atoms with E-state index in [-0.39, 0.29) is 17.6 Å². The summed E-state index contributed by atoms with van der Waals surface area (Å²) in [6.07, 6.45) is 1.66. The lowest BCUT2D eigenvalue weighted by Gasteiger charge is -2.32. The van der Waals surface area contributed by atoms with Crippen molar-refractivity contribution in [2.45, 2.75) is 19.4 Å². The van der Waals surface area contributed by atoms with Crippen molar-refractivity contribution in [3.63, 3.8) is 0 Å². The SMILES string of the molecule is COc1ccc(C(=O)N2Cc3[nH]cnc3C(c3cccc(O)c3)C2)cc1C. The number of methoxy groups -OCH3 is 1. The highest BCUT2D eigenvalue weighted by atomic mass is 16.5. The molecule has 0 aliphatic carbocycles. The van der Waals surface area contributed by atoms with Gasteiger partial charge in [-0.15, -0.1) is 0 Å². The Morgan fingerprint density at radius 3 is 2.89 bits per heavy atom. The number of phenols is 1. The van der Waals surface area contributed by atoms with E-state index in [1.807, 2.05) is 36.1 Å². The summed E-state index contributed by atoms with van der Waals surface area (Å²) < 4.78 is 5.29. The molecule has 2 N–H and O–H groups in total. The van der Waals surface area contributed by atoms with Crippen LogP contribution in [0.2, 0.25) is 0 Å². The molecule has 27 heavy (non-hydrogen) atoms. The number of amides is 1. The van der Waals surface area contributed by atoms with E-state index in [9.17, 15) is 9.90 Å². The van der Waals surface area contributed by atoms with Gasteiger partial charge in [-0.3, -0.25) is 4.79 Å². The van der Waals surface area contributed by atoms with Crippen LogP contribution in [0.25, 0.3) is 0 Å². The largest absolute Gasteiger partial charge is 0.508 e. The maximum atomic E-state index is 13.1. The number of hydrogen-bond donors (Lipinski definition) is 2. The van der Waals surface area contributed by atoms with Crippen LogP contribution in [0.15, 0.2) is 48.8 Å². The highest BCUT2D eigenvalue weighted by Crippen LogP contribution is 2.33. The summed E-state index contributed by atoms with van der Waals surface area (Å²) in [5.41, 5.74) is 4.34. The van der Waals surface area contributed by atoms with Crippen LogP contribution in [0.3, 0.4) is 0 Å².